The lowest BCUT2D eigenvalue weighted by Gasteiger charge is -2.43. The van der Waals surface area contributed by atoms with Gasteiger partial charge in [0.15, 0.2) is 0 Å². The molecule has 3 nitrogen and oxygen atoms in total. The molecule has 2 rings (SSSR count). The first-order valence-electron chi connectivity index (χ1n) is 5.48. The molecule has 0 radical (unpaired) electrons. The van der Waals surface area contributed by atoms with Gasteiger partial charge < -0.3 is 10.7 Å². The zero-order valence-electron chi connectivity index (χ0n) is 9.46. The second-order valence-electron chi connectivity index (χ2n) is 4.62. The van der Waals surface area contributed by atoms with Gasteiger partial charge in [-0.2, -0.15) is 0 Å². The van der Waals surface area contributed by atoms with E-state index in [2.05, 4.69) is 53.9 Å². The molecule has 0 unspecified atom stereocenters. The number of benzene rings is 1. The van der Waals surface area contributed by atoms with Gasteiger partial charge in [0.25, 0.3) is 0 Å². The van der Waals surface area contributed by atoms with E-state index in [0.717, 1.165) is 25.3 Å². The van der Waals surface area contributed by atoms with Gasteiger partial charge >= 0.3 is 0 Å². The third kappa shape index (κ3) is 2.49. The zero-order chi connectivity index (χ0) is 10.7. The summed E-state index contributed by atoms with van der Waals surface area (Å²) in [5.41, 5.74) is 4.78. The molecule has 15 heavy (non-hydrogen) atoms. The number of hydrazine groups is 1. The van der Waals surface area contributed by atoms with E-state index >= 15 is 0 Å². The van der Waals surface area contributed by atoms with E-state index in [9.17, 15) is 0 Å². The molecule has 3 heteroatoms. The second kappa shape index (κ2) is 4.21. The highest BCUT2D eigenvalue weighted by Gasteiger charge is 2.29. The van der Waals surface area contributed by atoms with E-state index in [0.29, 0.717) is 0 Å². The molecular formula is C12H19N3. The summed E-state index contributed by atoms with van der Waals surface area (Å²) in [7, 11) is 0. The van der Waals surface area contributed by atoms with Crippen molar-refractivity contribution < 1.29 is 0 Å². The molecule has 0 aliphatic carbocycles. The first-order chi connectivity index (χ1) is 7.18. The first-order valence-corrected chi connectivity index (χ1v) is 5.48. The predicted molar refractivity (Wildman–Crippen MR) is 63.7 cm³/mol. The smallest absolute Gasteiger partial charge is 0.0490 e. The average molecular weight is 205 g/mol. The molecular weight excluding hydrogens is 186 g/mol. The number of piperazine rings is 1. The number of anilines is 1. The number of rotatable bonds is 2. The van der Waals surface area contributed by atoms with Gasteiger partial charge in [-0.15, -0.1) is 0 Å². The van der Waals surface area contributed by atoms with Crippen molar-refractivity contribution in [3.63, 3.8) is 0 Å². The van der Waals surface area contributed by atoms with Crippen LogP contribution in [0.25, 0.3) is 0 Å². The topological polar surface area (TPSA) is 27.3 Å². The van der Waals surface area contributed by atoms with E-state index in [1.54, 1.807) is 0 Å². The van der Waals surface area contributed by atoms with Crippen molar-refractivity contribution in [2.24, 2.45) is 0 Å². The van der Waals surface area contributed by atoms with Crippen LogP contribution in [-0.2, 0) is 0 Å². The number of hydrogen-bond donors (Lipinski definition) is 2. The Bertz CT molecular complexity index is 308. The van der Waals surface area contributed by atoms with Crippen LogP contribution in [0.2, 0.25) is 0 Å². The van der Waals surface area contributed by atoms with E-state index < -0.39 is 0 Å². The average Bonchev–Trinajstić information content (AvgIpc) is 2.23. The summed E-state index contributed by atoms with van der Waals surface area (Å²) < 4.78 is 0. The van der Waals surface area contributed by atoms with Gasteiger partial charge in [-0.1, -0.05) is 18.2 Å². The van der Waals surface area contributed by atoms with Crippen molar-refractivity contribution in [1.82, 2.24) is 10.3 Å². The van der Waals surface area contributed by atoms with Crippen LogP contribution in [0.3, 0.4) is 0 Å². The van der Waals surface area contributed by atoms with E-state index in [-0.39, 0.29) is 5.54 Å². The van der Waals surface area contributed by atoms with Crippen LogP contribution in [0.15, 0.2) is 30.3 Å². The number of nitrogens with zero attached hydrogens (tertiary/aromatic N) is 1. The third-order valence-electron chi connectivity index (χ3n) is 2.84. The Morgan fingerprint density at radius 2 is 2.00 bits per heavy atom. The van der Waals surface area contributed by atoms with Crippen molar-refractivity contribution in [3.05, 3.63) is 30.3 Å². The highest BCUT2D eigenvalue weighted by atomic mass is 15.5. The van der Waals surface area contributed by atoms with Crippen molar-refractivity contribution in [2.45, 2.75) is 19.4 Å². The van der Waals surface area contributed by atoms with E-state index in [1.807, 2.05) is 6.07 Å². The maximum absolute atomic E-state index is 3.46. The van der Waals surface area contributed by atoms with Crippen LogP contribution in [0.1, 0.15) is 13.8 Å². The van der Waals surface area contributed by atoms with Crippen LogP contribution < -0.4 is 10.7 Å². The fraction of sp³-hybridized carbons (Fsp3) is 0.500. The van der Waals surface area contributed by atoms with Crippen LogP contribution in [0.5, 0.6) is 0 Å². The molecule has 0 bridgehead atoms. The minimum absolute atomic E-state index is 0.161. The molecule has 0 aromatic heterocycles. The van der Waals surface area contributed by atoms with Gasteiger partial charge in [0.05, 0.1) is 0 Å². The Kier molecular flexibility index (Phi) is 2.93. The fourth-order valence-electron chi connectivity index (χ4n) is 1.86. The quantitative estimate of drug-likeness (QED) is 0.769. The minimum Gasteiger partial charge on any atom is -0.318 e. The van der Waals surface area contributed by atoms with Gasteiger partial charge in [0, 0.05) is 30.9 Å². The SMILES string of the molecule is CC1(C)CNCCN1Nc1ccccc1. The monoisotopic (exact) mass is 205 g/mol. The molecule has 1 aliphatic heterocycles. The lowest BCUT2D eigenvalue weighted by molar-refractivity contribution is 0.121. The van der Waals surface area contributed by atoms with Gasteiger partial charge in [-0.25, -0.2) is 5.01 Å². The molecule has 1 aromatic carbocycles. The summed E-state index contributed by atoms with van der Waals surface area (Å²) in [6.07, 6.45) is 0. The molecule has 1 aromatic rings. The molecule has 1 heterocycles. The van der Waals surface area contributed by atoms with Gasteiger partial charge in [0.1, 0.15) is 0 Å². The fourth-order valence-corrected chi connectivity index (χ4v) is 1.86. The predicted octanol–water partition coefficient (Wildman–Crippen LogP) is 1.70. The minimum atomic E-state index is 0.161. The number of hydrogen-bond acceptors (Lipinski definition) is 3. The van der Waals surface area contributed by atoms with Crippen molar-refractivity contribution in [1.29, 1.82) is 0 Å². The maximum atomic E-state index is 3.46. The van der Waals surface area contributed by atoms with Gasteiger partial charge in [0.2, 0.25) is 0 Å². The molecule has 0 amide bonds. The highest BCUT2D eigenvalue weighted by molar-refractivity contribution is 5.41. The molecule has 2 N–H and O–H groups in total. The number of nitrogens with one attached hydrogen (secondary N) is 2. The molecule has 1 aliphatic rings. The summed E-state index contributed by atoms with van der Waals surface area (Å²) in [5.74, 6) is 0. The summed E-state index contributed by atoms with van der Waals surface area (Å²) in [4.78, 5) is 0. The van der Waals surface area contributed by atoms with E-state index in [4.69, 9.17) is 0 Å². The molecule has 1 saturated heterocycles. The Morgan fingerprint density at radius 1 is 1.27 bits per heavy atom. The van der Waals surface area contributed by atoms with Crippen LogP contribution in [0, 0.1) is 0 Å². The van der Waals surface area contributed by atoms with Crippen molar-refractivity contribution >= 4 is 5.69 Å². The summed E-state index contributed by atoms with van der Waals surface area (Å²) in [6.45, 7) is 7.59. The Morgan fingerprint density at radius 3 is 2.67 bits per heavy atom. The standard InChI is InChI=1S/C12H19N3/c1-12(2)10-13-8-9-15(12)14-11-6-4-3-5-7-11/h3-7,13-14H,8-10H2,1-2H3. The largest absolute Gasteiger partial charge is 0.318 e. The summed E-state index contributed by atoms with van der Waals surface area (Å²) >= 11 is 0. The van der Waals surface area contributed by atoms with Crippen molar-refractivity contribution in [3.8, 4) is 0 Å². The van der Waals surface area contributed by atoms with Crippen molar-refractivity contribution in [2.75, 3.05) is 25.1 Å². The molecule has 82 valence electrons. The maximum Gasteiger partial charge on any atom is 0.0490 e. The Balaban J connectivity index is 2.05. The van der Waals surface area contributed by atoms with Crippen LogP contribution >= 0.6 is 0 Å². The van der Waals surface area contributed by atoms with E-state index in [1.165, 1.54) is 0 Å². The van der Waals surface area contributed by atoms with Crippen LogP contribution in [-0.4, -0.2) is 30.2 Å². The normalized spacial score (nSPS) is 21.2. The Labute approximate surface area is 91.4 Å². The molecule has 0 saturated carbocycles. The first kappa shape index (κ1) is 10.5. The number of para-hydroxylation sites is 1. The second-order valence-corrected chi connectivity index (χ2v) is 4.62. The highest BCUT2D eigenvalue weighted by Crippen LogP contribution is 2.17. The summed E-state index contributed by atoms with van der Waals surface area (Å²) in [6, 6.07) is 10.3. The van der Waals surface area contributed by atoms with Crippen LogP contribution in [0.4, 0.5) is 5.69 Å². The molecule has 0 atom stereocenters. The van der Waals surface area contributed by atoms with Gasteiger partial charge in [-0.05, 0) is 26.0 Å². The lowest BCUT2D eigenvalue weighted by atomic mass is 10.0. The van der Waals surface area contributed by atoms with Gasteiger partial charge in [-0.3, -0.25) is 0 Å². The lowest BCUT2D eigenvalue weighted by Crippen LogP contribution is -2.59. The zero-order valence-corrected chi connectivity index (χ0v) is 9.46. The Hall–Kier alpha value is -1.06. The molecule has 1 fully saturated rings. The third-order valence-corrected chi connectivity index (χ3v) is 2.84. The molecule has 0 spiro atoms. The summed E-state index contributed by atoms with van der Waals surface area (Å²) in [5, 5.41) is 5.71.